The Morgan fingerprint density at radius 3 is 2.46 bits per heavy atom. The number of anilines is 2. The molecule has 4 rings (SSSR count). The number of hydrogen-bond donors (Lipinski definition) is 2. The van der Waals surface area contributed by atoms with Gasteiger partial charge in [-0.1, -0.05) is 11.8 Å². The number of carbonyl (C=O) groups is 3. The van der Waals surface area contributed by atoms with Gasteiger partial charge < -0.3 is 15.5 Å². The van der Waals surface area contributed by atoms with Crippen LogP contribution in [0.5, 0.6) is 0 Å². The number of rotatable bonds is 6. The molecule has 1 unspecified atom stereocenters. The minimum absolute atomic E-state index is 0.0179. The second-order valence-corrected chi connectivity index (χ2v) is 9.26. The monoisotopic (exact) mass is 499 g/mol. The molecule has 1 fully saturated rings. The number of amides is 3. The molecule has 0 radical (unpaired) electrons. The number of amidine groups is 1. The normalized spacial score (nSPS) is 17.6. The first-order chi connectivity index (χ1) is 16.8. The van der Waals surface area contributed by atoms with Gasteiger partial charge in [0, 0.05) is 42.5 Å². The maximum Gasteiger partial charge on any atom is 0.306 e. The van der Waals surface area contributed by atoms with Crippen molar-refractivity contribution in [1.82, 2.24) is 4.90 Å². The predicted octanol–water partition coefficient (Wildman–Crippen LogP) is 3.80. The van der Waals surface area contributed by atoms with Crippen LogP contribution in [0.25, 0.3) is 0 Å². The lowest BCUT2D eigenvalue weighted by Crippen LogP contribution is -2.33. The number of hydrogen-bond acceptors (Lipinski definition) is 7. The number of piperidine rings is 1. The molecule has 12 heteroatoms. The summed E-state index contributed by atoms with van der Waals surface area (Å²) in [5.74, 6) is -2.21. The van der Waals surface area contributed by atoms with E-state index in [2.05, 4.69) is 20.5 Å². The van der Waals surface area contributed by atoms with Crippen LogP contribution in [-0.2, 0) is 9.59 Å². The number of thioether (sulfide) groups is 1. The quantitative estimate of drug-likeness (QED) is 0.456. The minimum Gasteiger partial charge on any atom is -0.351 e. The largest absolute Gasteiger partial charge is 0.351 e. The van der Waals surface area contributed by atoms with E-state index in [1.165, 1.54) is 48.5 Å². The van der Waals surface area contributed by atoms with Gasteiger partial charge in [0.2, 0.25) is 11.7 Å². The van der Waals surface area contributed by atoms with Crippen molar-refractivity contribution in [1.29, 1.82) is 0 Å². The molecular formula is C23H22FN5O5S. The Hall–Kier alpha value is -3.80. The van der Waals surface area contributed by atoms with E-state index in [0.717, 1.165) is 38.1 Å². The molecule has 0 bridgehead atoms. The zero-order valence-electron chi connectivity index (χ0n) is 18.5. The molecule has 2 N–H and O–H groups in total. The highest BCUT2D eigenvalue weighted by Gasteiger charge is 2.33. The molecule has 0 spiro atoms. The van der Waals surface area contributed by atoms with Gasteiger partial charge in [-0.15, -0.1) is 0 Å². The van der Waals surface area contributed by atoms with Gasteiger partial charge in [0.25, 0.3) is 11.8 Å². The summed E-state index contributed by atoms with van der Waals surface area (Å²) in [6, 6.07) is 9.05. The summed E-state index contributed by atoms with van der Waals surface area (Å²) >= 11 is 1.32. The molecule has 2 aliphatic heterocycles. The van der Waals surface area contributed by atoms with Crippen molar-refractivity contribution in [2.45, 2.75) is 30.9 Å². The molecular weight excluding hydrogens is 477 g/mol. The molecule has 2 aromatic rings. The molecule has 2 heterocycles. The number of carbonyl (C=O) groups excluding carboxylic acids is 3. The van der Waals surface area contributed by atoms with E-state index in [9.17, 15) is 28.9 Å². The van der Waals surface area contributed by atoms with E-state index >= 15 is 0 Å². The summed E-state index contributed by atoms with van der Waals surface area (Å²) in [4.78, 5) is 53.3. The van der Waals surface area contributed by atoms with E-state index in [-0.39, 0.29) is 29.5 Å². The SMILES string of the molecule is O=C(CC1SC(N2CCCCC2)=NC1=O)Nc1ccc(C(=O)Nc2ccc(F)c([N+](=O)[O-])c2)cc1. The maximum absolute atomic E-state index is 13.5. The zero-order chi connectivity index (χ0) is 24.9. The molecule has 3 amide bonds. The van der Waals surface area contributed by atoms with E-state index in [0.29, 0.717) is 10.9 Å². The van der Waals surface area contributed by atoms with Crippen LogP contribution in [0, 0.1) is 15.9 Å². The standard InChI is InChI=1S/C23H22FN5O5S/c24-17-9-8-16(12-18(17)29(33)34)26-21(31)14-4-6-15(7-5-14)25-20(30)13-19-22(32)27-23(35-19)28-10-2-1-3-11-28/h4-9,12,19H,1-3,10-11,13H2,(H,25,30)(H,26,31). The summed E-state index contributed by atoms with van der Waals surface area (Å²) in [6.07, 6.45) is 3.28. The van der Waals surface area contributed by atoms with E-state index in [1.54, 1.807) is 0 Å². The average Bonchev–Trinajstić information content (AvgIpc) is 3.21. The Morgan fingerprint density at radius 2 is 1.77 bits per heavy atom. The smallest absolute Gasteiger partial charge is 0.306 e. The van der Waals surface area contributed by atoms with Crippen molar-refractivity contribution >= 4 is 51.7 Å². The van der Waals surface area contributed by atoms with Crippen molar-refractivity contribution in [3.05, 3.63) is 64.0 Å². The van der Waals surface area contributed by atoms with Gasteiger partial charge in [-0.25, -0.2) is 0 Å². The molecule has 2 aliphatic rings. The second-order valence-electron chi connectivity index (χ2n) is 8.09. The van der Waals surface area contributed by atoms with Gasteiger partial charge in [-0.05, 0) is 55.7 Å². The highest BCUT2D eigenvalue weighted by atomic mass is 32.2. The number of halogens is 1. The molecule has 35 heavy (non-hydrogen) atoms. The number of aliphatic imine (C=N–C) groups is 1. The van der Waals surface area contributed by atoms with Crippen molar-refractivity contribution in [2.24, 2.45) is 4.99 Å². The van der Waals surface area contributed by atoms with Crippen molar-refractivity contribution in [2.75, 3.05) is 23.7 Å². The second kappa shape index (κ2) is 10.6. The molecule has 0 saturated carbocycles. The van der Waals surface area contributed by atoms with E-state index in [4.69, 9.17) is 0 Å². The first-order valence-electron chi connectivity index (χ1n) is 11.0. The predicted molar refractivity (Wildman–Crippen MR) is 130 cm³/mol. The Kier molecular flexibility index (Phi) is 7.39. The van der Waals surface area contributed by atoms with Gasteiger partial charge in [0.05, 0.1) is 4.92 Å². The number of benzene rings is 2. The molecule has 0 aromatic heterocycles. The molecule has 182 valence electrons. The van der Waals surface area contributed by atoms with Gasteiger partial charge in [0.1, 0.15) is 5.25 Å². The first kappa shape index (κ1) is 24.3. The van der Waals surface area contributed by atoms with Crippen LogP contribution in [0.3, 0.4) is 0 Å². The van der Waals surface area contributed by atoms with Crippen LogP contribution in [0.2, 0.25) is 0 Å². The summed E-state index contributed by atoms with van der Waals surface area (Å²) in [7, 11) is 0. The van der Waals surface area contributed by atoms with Crippen LogP contribution >= 0.6 is 11.8 Å². The Balaban J connectivity index is 1.30. The van der Waals surface area contributed by atoms with Crippen LogP contribution < -0.4 is 10.6 Å². The van der Waals surface area contributed by atoms with Crippen molar-refractivity contribution in [3.63, 3.8) is 0 Å². The zero-order valence-corrected chi connectivity index (χ0v) is 19.3. The third-order valence-electron chi connectivity index (χ3n) is 5.56. The van der Waals surface area contributed by atoms with Crippen LogP contribution in [0.4, 0.5) is 21.5 Å². The molecule has 0 aliphatic carbocycles. The summed E-state index contributed by atoms with van der Waals surface area (Å²) in [5, 5.41) is 16.2. The van der Waals surface area contributed by atoms with Gasteiger partial charge in [0.15, 0.2) is 5.17 Å². The average molecular weight is 500 g/mol. The lowest BCUT2D eigenvalue weighted by molar-refractivity contribution is -0.387. The number of likely N-dealkylation sites (tertiary alicyclic amines) is 1. The Morgan fingerprint density at radius 1 is 1.09 bits per heavy atom. The molecule has 1 saturated heterocycles. The topological polar surface area (TPSA) is 134 Å². The van der Waals surface area contributed by atoms with E-state index < -0.39 is 27.6 Å². The summed E-state index contributed by atoms with van der Waals surface area (Å²) < 4.78 is 13.5. The number of nitro groups is 1. The highest BCUT2D eigenvalue weighted by Crippen LogP contribution is 2.29. The fourth-order valence-corrected chi connectivity index (χ4v) is 4.87. The molecule has 10 nitrogen and oxygen atoms in total. The third-order valence-corrected chi connectivity index (χ3v) is 6.77. The molecule has 2 aromatic carbocycles. The van der Waals surface area contributed by atoms with Crippen molar-refractivity contribution < 1.29 is 23.7 Å². The summed E-state index contributed by atoms with van der Waals surface area (Å²) in [6.45, 7) is 1.74. The number of nitrogens with one attached hydrogen (secondary N) is 2. The van der Waals surface area contributed by atoms with Gasteiger partial charge >= 0.3 is 5.69 Å². The van der Waals surface area contributed by atoms with E-state index in [1.807, 2.05) is 0 Å². The van der Waals surface area contributed by atoms with Gasteiger partial charge in [-0.2, -0.15) is 9.38 Å². The minimum atomic E-state index is -1.000. The Labute approximate surface area is 204 Å². The Bertz CT molecular complexity index is 1200. The number of nitro benzene ring substituents is 1. The molecule has 1 atom stereocenters. The lowest BCUT2D eigenvalue weighted by Gasteiger charge is -2.27. The fraction of sp³-hybridized carbons (Fsp3) is 0.304. The van der Waals surface area contributed by atoms with Gasteiger partial charge in [-0.3, -0.25) is 24.5 Å². The van der Waals surface area contributed by atoms with Crippen LogP contribution in [0.15, 0.2) is 47.5 Å². The lowest BCUT2D eigenvalue weighted by atomic mass is 10.1. The fourth-order valence-electron chi connectivity index (χ4n) is 3.75. The van der Waals surface area contributed by atoms with Crippen LogP contribution in [0.1, 0.15) is 36.0 Å². The highest BCUT2D eigenvalue weighted by molar-refractivity contribution is 8.15. The summed E-state index contributed by atoms with van der Waals surface area (Å²) in [5.41, 5.74) is 0.00577. The number of nitrogens with zero attached hydrogens (tertiary/aromatic N) is 3. The van der Waals surface area contributed by atoms with Crippen molar-refractivity contribution in [3.8, 4) is 0 Å². The first-order valence-corrected chi connectivity index (χ1v) is 11.9. The van der Waals surface area contributed by atoms with Crippen LogP contribution in [-0.4, -0.2) is 51.1 Å². The third kappa shape index (κ3) is 6.01. The maximum atomic E-state index is 13.5.